The molecule has 0 unspecified atom stereocenters. The van der Waals surface area contributed by atoms with Gasteiger partial charge in [-0.3, -0.25) is 4.98 Å². The third-order valence-electron chi connectivity index (χ3n) is 9.23. The first-order valence-corrected chi connectivity index (χ1v) is 16.7. The van der Waals surface area contributed by atoms with Crippen molar-refractivity contribution in [3.63, 3.8) is 0 Å². The minimum atomic E-state index is 0.639. The van der Waals surface area contributed by atoms with E-state index in [1.165, 1.54) is 38.2 Å². The molecule has 0 amide bonds. The Hall–Kier alpha value is -6.78. The summed E-state index contributed by atoms with van der Waals surface area (Å²) in [6.07, 6.45) is 3.79. The molecule has 0 saturated heterocycles. The van der Waals surface area contributed by atoms with Gasteiger partial charge in [0.1, 0.15) is 0 Å². The van der Waals surface area contributed by atoms with Gasteiger partial charge in [-0.1, -0.05) is 152 Å². The monoisotopic (exact) mass is 638 g/mol. The van der Waals surface area contributed by atoms with Crippen LogP contribution in [0.3, 0.4) is 0 Å². The summed E-state index contributed by atoms with van der Waals surface area (Å²) in [6, 6.07) is 59.2. The Bertz CT molecular complexity index is 2620. The van der Waals surface area contributed by atoms with E-state index in [1.54, 1.807) is 0 Å². The van der Waals surface area contributed by atoms with Gasteiger partial charge >= 0.3 is 0 Å². The summed E-state index contributed by atoms with van der Waals surface area (Å²) in [7, 11) is 0. The summed E-state index contributed by atoms with van der Waals surface area (Å²) < 4.78 is 0. The minimum Gasteiger partial charge on any atom is -0.264 e. The zero-order valence-electron chi connectivity index (χ0n) is 27.1. The molecule has 0 saturated carbocycles. The maximum absolute atomic E-state index is 4.98. The second-order valence-electron chi connectivity index (χ2n) is 12.4. The molecule has 0 fully saturated rings. The van der Waals surface area contributed by atoms with Gasteiger partial charge < -0.3 is 0 Å². The largest absolute Gasteiger partial charge is 0.264 e. The van der Waals surface area contributed by atoms with Crippen molar-refractivity contribution >= 4 is 21.5 Å². The Kier molecular flexibility index (Phi) is 7.45. The Labute approximate surface area is 290 Å². The highest BCUT2D eigenvalue weighted by molar-refractivity contribution is 6.08. The summed E-state index contributed by atoms with van der Waals surface area (Å²) in [6.45, 7) is 0. The van der Waals surface area contributed by atoms with E-state index in [4.69, 9.17) is 15.0 Å². The van der Waals surface area contributed by atoms with Crippen LogP contribution in [0.15, 0.2) is 182 Å². The molecule has 9 rings (SSSR count). The Morgan fingerprint density at radius 2 is 0.720 bits per heavy atom. The molecule has 0 N–H and O–H groups in total. The summed E-state index contributed by atoms with van der Waals surface area (Å²) in [5.41, 5.74) is 9.78. The number of rotatable bonds is 6. The number of fused-ring (bicyclic) bond motifs is 3. The van der Waals surface area contributed by atoms with Crippen LogP contribution in [0.4, 0.5) is 0 Å². The van der Waals surface area contributed by atoms with Crippen LogP contribution in [0.1, 0.15) is 0 Å². The van der Waals surface area contributed by atoms with E-state index in [-0.39, 0.29) is 0 Å². The van der Waals surface area contributed by atoms with Gasteiger partial charge in [0.25, 0.3) is 0 Å². The lowest BCUT2D eigenvalue weighted by atomic mass is 9.95. The van der Waals surface area contributed by atoms with Gasteiger partial charge in [0.05, 0.1) is 0 Å². The Balaban J connectivity index is 1.04. The number of nitrogens with zero attached hydrogens (tertiary/aromatic N) is 4. The van der Waals surface area contributed by atoms with Gasteiger partial charge in [0.15, 0.2) is 17.5 Å². The van der Waals surface area contributed by atoms with Crippen molar-refractivity contribution < 1.29 is 0 Å². The van der Waals surface area contributed by atoms with Gasteiger partial charge in [-0.05, 0) is 67.7 Å². The SMILES string of the molecule is c1ccc(-c2ccc(-c3nc(-c4ccccc4)nc(-c4ccc(-c5cccc(-c6ccc7c(ccc8ccncc87)c6)c5)cc4)n3)cc2)cc1. The van der Waals surface area contributed by atoms with Gasteiger partial charge in [-0.15, -0.1) is 0 Å². The molecule has 0 aliphatic rings. The van der Waals surface area contributed by atoms with E-state index >= 15 is 0 Å². The molecule has 2 heterocycles. The molecule has 9 aromatic rings. The van der Waals surface area contributed by atoms with Gasteiger partial charge in [-0.2, -0.15) is 0 Å². The number of hydrogen-bond acceptors (Lipinski definition) is 4. The second-order valence-corrected chi connectivity index (χ2v) is 12.4. The summed E-state index contributed by atoms with van der Waals surface area (Å²) in [5.74, 6) is 1.93. The molecule has 50 heavy (non-hydrogen) atoms. The van der Waals surface area contributed by atoms with Crippen LogP contribution in [0.5, 0.6) is 0 Å². The molecule has 0 radical (unpaired) electrons. The summed E-state index contributed by atoms with van der Waals surface area (Å²) in [5, 5.41) is 4.80. The molecule has 0 aliphatic carbocycles. The molecule has 7 aromatic carbocycles. The fraction of sp³-hybridized carbons (Fsp3) is 0. The van der Waals surface area contributed by atoms with Crippen molar-refractivity contribution in [2.75, 3.05) is 0 Å². The summed E-state index contributed by atoms with van der Waals surface area (Å²) in [4.78, 5) is 19.2. The van der Waals surface area contributed by atoms with E-state index < -0.39 is 0 Å². The highest BCUT2D eigenvalue weighted by Crippen LogP contribution is 2.33. The first-order chi connectivity index (χ1) is 24.7. The van der Waals surface area contributed by atoms with Crippen LogP contribution >= 0.6 is 0 Å². The van der Waals surface area contributed by atoms with Crippen LogP contribution in [-0.2, 0) is 0 Å². The van der Waals surface area contributed by atoms with Crippen molar-refractivity contribution in [3.8, 4) is 67.5 Å². The van der Waals surface area contributed by atoms with Crippen LogP contribution in [0, 0.1) is 0 Å². The molecular weight excluding hydrogens is 609 g/mol. The van der Waals surface area contributed by atoms with Gasteiger partial charge in [-0.25, -0.2) is 15.0 Å². The van der Waals surface area contributed by atoms with E-state index in [2.05, 4.69) is 138 Å². The molecule has 0 aliphatic heterocycles. The van der Waals surface area contributed by atoms with Gasteiger partial charge in [0.2, 0.25) is 0 Å². The lowest BCUT2D eigenvalue weighted by Crippen LogP contribution is -2.00. The highest BCUT2D eigenvalue weighted by Gasteiger charge is 2.13. The smallest absolute Gasteiger partial charge is 0.164 e. The quantitative estimate of drug-likeness (QED) is 0.170. The number of aromatic nitrogens is 4. The average molecular weight is 639 g/mol. The van der Waals surface area contributed by atoms with Crippen LogP contribution < -0.4 is 0 Å². The van der Waals surface area contributed by atoms with E-state index in [0.29, 0.717) is 17.5 Å². The van der Waals surface area contributed by atoms with Crippen molar-refractivity contribution in [2.45, 2.75) is 0 Å². The highest BCUT2D eigenvalue weighted by atomic mass is 15.0. The number of hydrogen-bond donors (Lipinski definition) is 0. The minimum absolute atomic E-state index is 0.639. The number of pyridine rings is 1. The van der Waals surface area contributed by atoms with Crippen molar-refractivity contribution in [1.82, 2.24) is 19.9 Å². The molecule has 4 heteroatoms. The molecule has 4 nitrogen and oxygen atoms in total. The van der Waals surface area contributed by atoms with Crippen LogP contribution in [0.2, 0.25) is 0 Å². The fourth-order valence-electron chi connectivity index (χ4n) is 6.56. The normalized spacial score (nSPS) is 11.2. The fourth-order valence-corrected chi connectivity index (χ4v) is 6.56. The maximum Gasteiger partial charge on any atom is 0.164 e. The molecule has 0 bridgehead atoms. The standard InChI is InChI=1S/C46H30N4/c1-3-8-31(9-4-1)32-14-19-36(20-15-32)45-48-44(35-10-5-2-6-11-35)49-46(50-45)37-21-16-33(17-22-37)38-12-7-13-39(28-38)40-24-25-42-41(29-40)23-18-34-26-27-47-30-43(34)42/h1-30H. The molecule has 2 aromatic heterocycles. The Morgan fingerprint density at radius 1 is 0.280 bits per heavy atom. The third-order valence-corrected chi connectivity index (χ3v) is 9.23. The first-order valence-electron chi connectivity index (χ1n) is 16.7. The third kappa shape index (κ3) is 5.69. The van der Waals surface area contributed by atoms with Crippen molar-refractivity contribution in [1.29, 1.82) is 0 Å². The topological polar surface area (TPSA) is 51.6 Å². The molecular formula is C46H30N4. The van der Waals surface area contributed by atoms with Crippen molar-refractivity contribution in [3.05, 3.63) is 182 Å². The Morgan fingerprint density at radius 3 is 1.36 bits per heavy atom. The average Bonchev–Trinajstić information content (AvgIpc) is 3.21. The van der Waals surface area contributed by atoms with Crippen LogP contribution in [-0.4, -0.2) is 19.9 Å². The molecule has 0 spiro atoms. The molecule has 0 atom stereocenters. The van der Waals surface area contributed by atoms with E-state index in [0.717, 1.165) is 33.4 Å². The zero-order valence-corrected chi connectivity index (χ0v) is 27.1. The zero-order chi connectivity index (χ0) is 33.3. The number of benzene rings is 7. The predicted molar refractivity (Wildman–Crippen MR) is 205 cm³/mol. The summed E-state index contributed by atoms with van der Waals surface area (Å²) >= 11 is 0. The second kappa shape index (κ2) is 12.7. The predicted octanol–water partition coefficient (Wildman–Crippen LogP) is 11.6. The van der Waals surface area contributed by atoms with Gasteiger partial charge in [0, 0.05) is 34.5 Å². The van der Waals surface area contributed by atoms with E-state index in [1.807, 2.05) is 48.8 Å². The van der Waals surface area contributed by atoms with E-state index in [9.17, 15) is 0 Å². The van der Waals surface area contributed by atoms with Crippen LogP contribution in [0.25, 0.3) is 89.1 Å². The molecule has 234 valence electrons. The maximum atomic E-state index is 4.98. The van der Waals surface area contributed by atoms with Crippen molar-refractivity contribution in [2.24, 2.45) is 0 Å². The first kappa shape index (κ1) is 29.4. The lowest BCUT2D eigenvalue weighted by Gasteiger charge is -2.11. The lowest BCUT2D eigenvalue weighted by molar-refractivity contribution is 1.07.